The molecule has 0 bridgehead atoms. The maximum atomic E-state index is 11.6. The van der Waals surface area contributed by atoms with Crippen LogP contribution in [0.25, 0.3) is 0 Å². The van der Waals surface area contributed by atoms with Crippen molar-refractivity contribution >= 4 is 16.7 Å². The fraction of sp³-hybridized carbons (Fsp3) is 0.917. The SMILES string of the molecule is CCCNC(=O)CS(=O)CC(O)CNCC(C)C. The summed E-state index contributed by atoms with van der Waals surface area (Å²) in [4.78, 5) is 11.3. The van der Waals surface area contributed by atoms with Crippen molar-refractivity contribution in [2.75, 3.05) is 31.1 Å². The van der Waals surface area contributed by atoms with Crippen LogP contribution < -0.4 is 10.6 Å². The maximum Gasteiger partial charge on any atom is 0.232 e. The van der Waals surface area contributed by atoms with Crippen LogP contribution in [0.1, 0.15) is 27.2 Å². The molecule has 108 valence electrons. The Morgan fingerprint density at radius 2 is 2.00 bits per heavy atom. The van der Waals surface area contributed by atoms with E-state index in [1.54, 1.807) is 0 Å². The first-order valence-corrected chi connectivity index (χ1v) is 7.95. The molecule has 0 aromatic carbocycles. The second-order valence-electron chi connectivity index (χ2n) is 4.81. The first-order valence-electron chi connectivity index (χ1n) is 6.46. The average molecular weight is 278 g/mol. The molecule has 0 saturated carbocycles. The summed E-state index contributed by atoms with van der Waals surface area (Å²) in [5.41, 5.74) is 0. The molecule has 0 rings (SSSR count). The Kier molecular flexibility index (Phi) is 10.2. The number of aliphatic hydroxyl groups excluding tert-OH is 1. The minimum atomic E-state index is -1.30. The number of amides is 1. The third kappa shape index (κ3) is 10.7. The summed E-state index contributed by atoms with van der Waals surface area (Å²) in [6.45, 7) is 7.96. The third-order valence-electron chi connectivity index (χ3n) is 2.18. The Morgan fingerprint density at radius 1 is 1.33 bits per heavy atom. The van der Waals surface area contributed by atoms with Gasteiger partial charge in [-0.15, -0.1) is 0 Å². The number of carbonyl (C=O) groups is 1. The van der Waals surface area contributed by atoms with Gasteiger partial charge < -0.3 is 15.7 Å². The van der Waals surface area contributed by atoms with Gasteiger partial charge in [0.05, 0.1) is 11.9 Å². The molecule has 0 aliphatic rings. The lowest BCUT2D eigenvalue weighted by Crippen LogP contribution is -2.35. The Balaban J connectivity index is 3.69. The molecule has 2 atom stereocenters. The highest BCUT2D eigenvalue weighted by Crippen LogP contribution is 1.92. The van der Waals surface area contributed by atoms with Gasteiger partial charge in [0.25, 0.3) is 0 Å². The van der Waals surface area contributed by atoms with Crippen molar-refractivity contribution in [3.63, 3.8) is 0 Å². The molecule has 1 amide bonds. The quantitative estimate of drug-likeness (QED) is 0.520. The predicted molar refractivity (Wildman–Crippen MR) is 74.9 cm³/mol. The Morgan fingerprint density at radius 3 is 2.56 bits per heavy atom. The minimum Gasteiger partial charge on any atom is -0.391 e. The van der Waals surface area contributed by atoms with Crippen molar-refractivity contribution in [1.82, 2.24) is 10.6 Å². The van der Waals surface area contributed by atoms with Crippen molar-refractivity contribution in [1.29, 1.82) is 0 Å². The first kappa shape index (κ1) is 17.5. The van der Waals surface area contributed by atoms with Crippen molar-refractivity contribution < 1.29 is 14.1 Å². The van der Waals surface area contributed by atoms with Crippen LogP contribution in [-0.2, 0) is 15.6 Å². The fourth-order valence-corrected chi connectivity index (χ4v) is 2.39. The Labute approximate surface area is 112 Å². The van der Waals surface area contributed by atoms with Gasteiger partial charge in [-0.3, -0.25) is 9.00 Å². The van der Waals surface area contributed by atoms with Gasteiger partial charge in [-0.1, -0.05) is 20.8 Å². The van der Waals surface area contributed by atoms with E-state index in [9.17, 15) is 14.1 Å². The molecule has 3 N–H and O–H groups in total. The third-order valence-corrected chi connectivity index (χ3v) is 3.52. The Bertz CT molecular complexity index is 260. The summed E-state index contributed by atoms with van der Waals surface area (Å²) < 4.78 is 11.6. The zero-order valence-electron chi connectivity index (χ0n) is 11.6. The summed E-state index contributed by atoms with van der Waals surface area (Å²) in [5, 5.41) is 15.4. The molecule has 18 heavy (non-hydrogen) atoms. The number of nitrogens with one attached hydrogen (secondary N) is 2. The minimum absolute atomic E-state index is 0.0265. The summed E-state index contributed by atoms with van der Waals surface area (Å²) in [6.07, 6.45) is 0.198. The molecular formula is C12H26N2O3S. The highest BCUT2D eigenvalue weighted by molar-refractivity contribution is 7.85. The first-order chi connectivity index (χ1) is 8.45. The fourth-order valence-electron chi connectivity index (χ4n) is 1.33. The highest BCUT2D eigenvalue weighted by Gasteiger charge is 2.12. The molecule has 0 aromatic heterocycles. The smallest absolute Gasteiger partial charge is 0.232 e. The lowest BCUT2D eigenvalue weighted by molar-refractivity contribution is -0.118. The number of aliphatic hydroxyl groups is 1. The topological polar surface area (TPSA) is 78.4 Å². The normalized spacial score (nSPS) is 14.5. The van der Waals surface area contributed by atoms with E-state index in [-0.39, 0.29) is 17.4 Å². The molecule has 0 aliphatic carbocycles. The Hall–Kier alpha value is -0.460. The molecule has 5 nitrogen and oxygen atoms in total. The molecular weight excluding hydrogens is 252 g/mol. The van der Waals surface area contributed by atoms with Crippen molar-refractivity contribution in [3.05, 3.63) is 0 Å². The molecule has 0 aromatic rings. The summed E-state index contributed by atoms with van der Waals surface area (Å²) in [6, 6.07) is 0. The zero-order chi connectivity index (χ0) is 14.0. The van der Waals surface area contributed by atoms with E-state index in [1.165, 1.54) is 0 Å². The van der Waals surface area contributed by atoms with Crippen LogP contribution in [0.4, 0.5) is 0 Å². The van der Waals surface area contributed by atoms with Crippen LogP contribution in [-0.4, -0.2) is 52.5 Å². The lowest BCUT2D eigenvalue weighted by Gasteiger charge is -2.12. The van der Waals surface area contributed by atoms with Gasteiger partial charge in [0.2, 0.25) is 5.91 Å². The summed E-state index contributed by atoms with van der Waals surface area (Å²) in [5.74, 6) is 0.423. The summed E-state index contributed by atoms with van der Waals surface area (Å²) in [7, 11) is -1.30. The van der Waals surface area contributed by atoms with Gasteiger partial charge in [0.1, 0.15) is 5.75 Å². The van der Waals surface area contributed by atoms with Gasteiger partial charge in [0.15, 0.2) is 0 Å². The molecule has 0 aliphatic heterocycles. The van der Waals surface area contributed by atoms with E-state index in [2.05, 4.69) is 24.5 Å². The average Bonchev–Trinajstić information content (AvgIpc) is 2.25. The second kappa shape index (κ2) is 10.5. The zero-order valence-corrected chi connectivity index (χ0v) is 12.4. The number of hydrogen-bond acceptors (Lipinski definition) is 4. The van der Waals surface area contributed by atoms with E-state index < -0.39 is 16.9 Å². The monoisotopic (exact) mass is 278 g/mol. The van der Waals surface area contributed by atoms with Gasteiger partial charge in [-0.25, -0.2) is 0 Å². The van der Waals surface area contributed by atoms with Gasteiger partial charge >= 0.3 is 0 Å². The molecule has 0 radical (unpaired) electrons. The molecule has 2 unspecified atom stereocenters. The molecule has 0 spiro atoms. The van der Waals surface area contributed by atoms with E-state index in [0.29, 0.717) is 19.0 Å². The van der Waals surface area contributed by atoms with Gasteiger partial charge in [-0.2, -0.15) is 0 Å². The maximum absolute atomic E-state index is 11.6. The van der Waals surface area contributed by atoms with Crippen molar-refractivity contribution in [2.45, 2.75) is 33.3 Å². The number of rotatable bonds is 10. The standard InChI is InChI=1S/C12H26N2O3S/c1-4-5-14-12(16)9-18(17)8-11(15)7-13-6-10(2)3/h10-11,13,15H,4-9H2,1-3H3,(H,14,16). The van der Waals surface area contributed by atoms with Crippen LogP contribution >= 0.6 is 0 Å². The lowest BCUT2D eigenvalue weighted by atomic mass is 10.2. The molecule has 0 saturated heterocycles. The van der Waals surface area contributed by atoms with E-state index in [4.69, 9.17) is 0 Å². The molecule has 0 heterocycles. The predicted octanol–water partition coefficient (Wildman–Crippen LogP) is -0.132. The summed E-state index contributed by atoms with van der Waals surface area (Å²) >= 11 is 0. The van der Waals surface area contributed by atoms with Crippen LogP contribution in [0.3, 0.4) is 0 Å². The van der Waals surface area contributed by atoms with Gasteiger partial charge in [-0.05, 0) is 18.9 Å². The van der Waals surface area contributed by atoms with E-state index in [1.807, 2.05) is 6.92 Å². The van der Waals surface area contributed by atoms with Crippen LogP contribution in [0.5, 0.6) is 0 Å². The number of carbonyl (C=O) groups excluding carboxylic acids is 1. The van der Waals surface area contributed by atoms with Crippen molar-refractivity contribution in [3.8, 4) is 0 Å². The van der Waals surface area contributed by atoms with Crippen LogP contribution in [0.15, 0.2) is 0 Å². The van der Waals surface area contributed by atoms with Crippen molar-refractivity contribution in [2.24, 2.45) is 5.92 Å². The van der Waals surface area contributed by atoms with Gasteiger partial charge in [0, 0.05) is 23.9 Å². The number of hydrogen-bond donors (Lipinski definition) is 3. The van der Waals surface area contributed by atoms with E-state index >= 15 is 0 Å². The van der Waals surface area contributed by atoms with Crippen LogP contribution in [0, 0.1) is 5.92 Å². The molecule has 0 fully saturated rings. The van der Waals surface area contributed by atoms with E-state index in [0.717, 1.165) is 13.0 Å². The highest BCUT2D eigenvalue weighted by atomic mass is 32.2. The second-order valence-corrected chi connectivity index (χ2v) is 6.31. The largest absolute Gasteiger partial charge is 0.391 e. The van der Waals surface area contributed by atoms with Crippen LogP contribution in [0.2, 0.25) is 0 Å². The molecule has 6 heteroatoms.